The van der Waals surface area contributed by atoms with Crippen molar-refractivity contribution >= 4 is 23.5 Å². The van der Waals surface area contributed by atoms with E-state index in [0.29, 0.717) is 6.04 Å². The number of rotatable bonds is 4. The number of aryl methyl sites for hydroxylation is 1. The highest BCUT2D eigenvalue weighted by molar-refractivity contribution is 5.69. The molecule has 4 heterocycles. The molecule has 1 saturated heterocycles. The number of aromatic nitrogens is 2. The summed E-state index contributed by atoms with van der Waals surface area (Å²) in [5, 5.41) is 10.1. The van der Waals surface area contributed by atoms with Gasteiger partial charge in [0.15, 0.2) is 0 Å². The van der Waals surface area contributed by atoms with Crippen molar-refractivity contribution in [2.24, 2.45) is 0 Å². The number of fused-ring (bicyclic) bond motifs is 1. The average Bonchev–Trinajstić information content (AvgIpc) is 3.08. The molecule has 2 aromatic heterocycles. The van der Waals surface area contributed by atoms with E-state index in [1.165, 1.54) is 11.1 Å². The number of hydrogen-bond acceptors (Lipinski definition) is 6. The van der Waals surface area contributed by atoms with Gasteiger partial charge in [0, 0.05) is 24.9 Å². The van der Waals surface area contributed by atoms with Crippen LogP contribution in [0.4, 0.5) is 17.5 Å². The molecule has 0 radical (unpaired) electrons. The van der Waals surface area contributed by atoms with Gasteiger partial charge in [0.05, 0.1) is 12.6 Å². The Balaban J connectivity index is 1.65. The number of hydrogen-bond donors (Lipinski definition) is 3. The molecule has 0 aromatic carbocycles. The fourth-order valence-electron chi connectivity index (χ4n) is 3.00. The van der Waals surface area contributed by atoms with Crippen molar-refractivity contribution in [3.63, 3.8) is 0 Å². The van der Waals surface area contributed by atoms with Gasteiger partial charge in [-0.1, -0.05) is 0 Å². The standard InChI is InChI=1S/C18H21N5O/c1-12-2-6-20-16(8-12)22-17-9-13-3-5-19-10-15(13)18(23-17)21-14-4-7-24-11-14/h2-3,5-6,8-9,14,19H,4,7,10-11H2,1H3,(H2,20,21,22,23)/t14-/m1/s1. The van der Waals surface area contributed by atoms with E-state index in [1.54, 1.807) is 6.20 Å². The van der Waals surface area contributed by atoms with Gasteiger partial charge in [-0.2, -0.15) is 0 Å². The Labute approximate surface area is 141 Å². The summed E-state index contributed by atoms with van der Waals surface area (Å²) in [6.45, 7) is 4.37. The van der Waals surface area contributed by atoms with Gasteiger partial charge < -0.3 is 20.7 Å². The maximum atomic E-state index is 5.47. The minimum Gasteiger partial charge on any atom is -0.387 e. The number of nitrogens with one attached hydrogen (secondary N) is 3. The normalized spacial score (nSPS) is 18.8. The third kappa shape index (κ3) is 3.19. The molecule has 2 aliphatic heterocycles. The summed E-state index contributed by atoms with van der Waals surface area (Å²) < 4.78 is 5.47. The molecule has 2 aliphatic rings. The highest BCUT2D eigenvalue weighted by Gasteiger charge is 2.20. The molecule has 0 bridgehead atoms. The van der Waals surface area contributed by atoms with E-state index >= 15 is 0 Å². The topological polar surface area (TPSA) is 71.1 Å². The average molecular weight is 323 g/mol. The molecule has 124 valence electrons. The second-order valence-electron chi connectivity index (χ2n) is 6.19. The van der Waals surface area contributed by atoms with Gasteiger partial charge in [0.25, 0.3) is 0 Å². The number of ether oxygens (including phenoxy) is 1. The van der Waals surface area contributed by atoms with Crippen LogP contribution in [0.1, 0.15) is 23.1 Å². The predicted octanol–water partition coefficient (Wildman–Crippen LogP) is 2.80. The largest absolute Gasteiger partial charge is 0.387 e. The summed E-state index contributed by atoms with van der Waals surface area (Å²) in [5.41, 5.74) is 3.52. The summed E-state index contributed by atoms with van der Waals surface area (Å²) >= 11 is 0. The molecular formula is C18H21N5O. The highest BCUT2D eigenvalue weighted by Crippen LogP contribution is 2.28. The highest BCUT2D eigenvalue weighted by atomic mass is 16.5. The summed E-state index contributed by atoms with van der Waals surface area (Å²) in [4.78, 5) is 9.14. The second kappa shape index (κ2) is 6.49. The van der Waals surface area contributed by atoms with Crippen LogP contribution in [-0.4, -0.2) is 29.2 Å². The van der Waals surface area contributed by atoms with Crippen LogP contribution in [0.2, 0.25) is 0 Å². The minimum absolute atomic E-state index is 0.319. The van der Waals surface area contributed by atoms with Gasteiger partial charge in [0.2, 0.25) is 0 Å². The van der Waals surface area contributed by atoms with E-state index in [2.05, 4.69) is 40.0 Å². The van der Waals surface area contributed by atoms with Crippen LogP contribution in [0.3, 0.4) is 0 Å². The van der Waals surface area contributed by atoms with E-state index < -0.39 is 0 Å². The third-order valence-electron chi connectivity index (χ3n) is 4.26. The Bertz CT molecular complexity index is 768. The summed E-state index contributed by atoms with van der Waals surface area (Å²) in [7, 11) is 0. The van der Waals surface area contributed by atoms with Gasteiger partial charge in [-0.25, -0.2) is 9.97 Å². The molecule has 6 heteroatoms. The van der Waals surface area contributed by atoms with Crippen molar-refractivity contribution in [1.82, 2.24) is 15.3 Å². The lowest BCUT2D eigenvalue weighted by molar-refractivity contribution is 0.195. The number of anilines is 3. The Hall–Kier alpha value is -2.60. The maximum absolute atomic E-state index is 5.47. The summed E-state index contributed by atoms with van der Waals surface area (Å²) in [6, 6.07) is 6.37. The SMILES string of the molecule is Cc1ccnc(Nc2cc3c(c(N[C@@H]4CCOC4)n2)CNC=C3)c1. The smallest absolute Gasteiger partial charge is 0.134 e. The molecule has 24 heavy (non-hydrogen) atoms. The molecule has 0 spiro atoms. The Morgan fingerprint density at radius 3 is 3.08 bits per heavy atom. The zero-order chi connectivity index (χ0) is 16.4. The monoisotopic (exact) mass is 323 g/mol. The molecule has 0 unspecified atom stereocenters. The lowest BCUT2D eigenvalue weighted by Gasteiger charge is -2.21. The lowest BCUT2D eigenvalue weighted by atomic mass is 10.1. The van der Waals surface area contributed by atoms with Crippen molar-refractivity contribution in [2.75, 3.05) is 23.8 Å². The second-order valence-corrected chi connectivity index (χ2v) is 6.19. The number of nitrogens with zero attached hydrogens (tertiary/aromatic N) is 2. The van der Waals surface area contributed by atoms with Crippen molar-refractivity contribution < 1.29 is 4.74 Å². The van der Waals surface area contributed by atoms with Crippen LogP contribution in [0.25, 0.3) is 6.08 Å². The molecule has 0 aliphatic carbocycles. The fourth-order valence-corrected chi connectivity index (χ4v) is 3.00. The van der Waals surface area contributed by atoms with Crippen molar-refractivity contribution in [2.45, 2.75) is 25.9 Å². The molecule has 0 amide bonds. The minimum atomic E-state index is 0.319. The fraction of sp³-hybridized carbons (Fsp3) is 0.333. The van der Waals surface area contributed by atoms with Gasteiger partial charge in [0.1, 0.15) is 17.5 Å². The molecule has 3 N–H and O–H groups in total. The predicted molar refractivity (Wildman–Crippen MR) is 95.2 cm³/mol. The third-order valence-corrected chi connectivity index (χ3v) is 4.26. The van der Waals surface area contributed by atoms with Crippen molar-refractivity contribution in [1.29, 1.82) is 0 Å². The molecule has 2 aromatic rings. The molecule has 1 fully saturated rings. The Kier molecular flexibility index (Phi) is 4.04. The van der Waals surface area contributed by atoms with Crippen LogP contribution >= 0.6 is 0 Å². The van der Waals surface area contributed by atoms with Crippen molar-refractivity contribution in [3.05, 3.63) is 47.3 Å². The lowest BCUT2D eigenvalue weighted by Crippen LogP contribution is -2.23. The first-order valence-corrected chi connectivity index (χ1v) is 8.26. The van der Waals surface area contributed by atoms with Crippen LogP contribution < -0.4 is 16.0 Å². The Morgan fingerprint density at radius 1 is 1.29 bits per heavy atom. The quantitative estimate of drug-likeness (QED) is 0.804. The first kappa shape index (κ1) is 15.0. The van der Waals surface area contributed by atoms with Gasteiger partial charge in [-0.15, -0.1) is 0 Å². The number of pyridine rings is 2. The van der Waals surface area contributed by atoms with E-state index in [1.807, 2.05) is 18.3 Å². The van der Waals surface area contributed by atoms with Gasteiger partial charge in [-0.3, -0.25) is 0 Å². The van der Waals surface area contributed by atoms with Crippen LogP contribution in [0.15, 0.2) is 30.6 Å². The molecule has 6 nitrogen and oxygen atoms in total. The van der Waals surface area contributed by atoms with Crippen LogP contribution in [0, 0.1) is 6.92 Å². The first-order valence-electron chi connectivity index (χ1n) is 8.26. The van der Waals surface area contributed by atoms with E-state index in [-0.39, 0.29) is 0 Å². The zero-order valence-corrected chi connectivity index (χ0v) is 13.7. The maximum Gasteiger partial charge on any atom is 0.134 e. The Morgan fingerprint density at radius 2 is 2.25 bits per heavy atom. The first-order chi connectivity index (χ1) is 11.8. The van der Waals surface area contributed by atoms with Crippen molar-refractivity contribution in [3.8, 4) is 0 Å². The molecule has 0 saturated carbocycles. The molecular weight excluding hydrogens is 302 g/mol. The van der Waals surface area contributed by atoms with E-state index in [9.17, 15) is 0 Å². The van der Waals surface area contributed by atoms with E-state index in [4.69, 9.17) is 9.72 Å². The summed E-state index contributed by atoms with van der Waals surface area (Å²) in [5.74, 6) is 2.50. The van der Waals surface area contributed by atoms with Gasteiger partial charge >= 0.3 is 0 Å². The van der Waals surface area contributed by atoms with Crippen LogP contribution in [0.5, 0.6) is 0 Å². The van der Waals surface area contributed by atoms with E-state index in [0.717, 1.165) is 49.2 Å². The van der Waals surface area contributed by atoms with Crippen LogP contribution in [-0.2, 0) is 11.3 Å². The zero-order valence-electron chi connectivity index (χ0n) is 13.7. The molecule has 4 rings (SSSR count). The molecule has 1 atom stereocenters. The summed E-state index contributed by atoms with van der Waals surface area (Å²) in [6.07, 6.45) is 6.86. The van der Waals surface area contributed by atoms with Gasteiger partial charge in [-0.05, 0) is 54.9 Å².